The van der Waals surface area contributed by atoms with Crippen molar-refractivity contribution in [3.63, 3.8) is 0 Å². The fraction of sp³-hybridized carbons (Fsp3) is 0.812. The summed E-state index contributed by atoms with van der Waals surface area (Å²) in [5, 5.41) is 4.63. The summed E-state index contributed by atoms with van der Waals surface area (Å²) in [5.74, 6) is 1.29. The Morgan fingerprint density at radius 1 is 1.30 bits per heavy atom. The SMILES string of the molecule is CCC(N)Cc1c(C)nn(C)c1N1CCC(C)(C)CC1. The molecule has 1 atom stereocenters. The number of nitrogens with two attached hydrogens (primary N) is 1. The molecular weight excluding hydrogens is 248 g/mol. The summed E-state index contributed by atoms with van der Waals surface area (Å²) >= 11 is 0. The van der Waals surface area contributed by atoms with E-state index in [4.69, 9.17) is 5.73 Å². The maximum Gasteiger partial charge on any atom is 0.130 e. The second-order valence-corrected chi connectivity index (χ2v) is 7.03. The summed E-state index contributed by atoms with van der Waals surface area (Å²) < 4.78 is 2.05. The molecular formula is C16H30N4. The van der Waals surface area contributed by atoms with Gasteiger partial charge in [-0.3, -0.25) is 4.68 Å². The minimum absolute atomic E-state index is 0.234. The molecule has 1 fully saturated rings. The molecule has 2 N–H and O–H groups in total. The van der Waals surface area contributed by atoms with Crippen LogP contribution in [0.1, 0.15) is 51.3 Å². The van der Waals surface area contributed by atoms with Gasteiger partial charge in [0.2, 0.25) is 0 Å². The van der Waals surface area contributed by atoms with Crippen molar-refractivity contribution < 1.29 is 0 Å². The number of aromatic nitrogens is 2. The molecule has 4 heteroatoms. The lowest BCUT2D eigenvalue weighted by molar-refractivity contribution is 0.278. The highest BCUT2D eigenvalue weighted by molar-refractivity contribution is 5.51. The Balaban J connectivity index is 2.23. The molecule has 1 unspecified atom stereocenters. The van der Waals surface area contributed by atoms with Crippen molar-refractivity contribution >= 4 is 5.82 Å². The summed E-state index contributed by atoms with van der Waals surface area (Å²) in [6, 6.07) is 0.234. The molecule has 0 bridgehead atoms. The standard InChI is InChI=1S/C16H30N4/c1-6-13(17)11-14-12(2)18-19(5)15(14)20-9-7-16(3,4)8-10-20/h13H,6-11,17H2,1-5H3. The smallest absolute Gasteiger partial charge is 0.130 e. The van der Waals surface area contributed by atoms with Crippen LogP contribution < -0.4 is 10.6 Å². The van der Waals surface area contributed by atoms with Crippen LogP contribution in [-0.4, -0.2) is 28.9 Å². The van der Waals surface area contributed by atoms with E-state index in [9.17, 15) is 0 Å². The van der Waals surface area contributed by atoms with Gasteiger partial charge >= 0.3 is 0 Å². The third kappa shape index (κ3) is 3.17. The molecule has 20 heavy (non-hydrogen) atoms. The number of nitrogens with zero attached hydrogens (tertiary/aromatic N) is 3. The predicted octanol–water partition coefficient (Wildman–Crippen LogP) is 2.63. The number of anilines is 1. The summed E-state index contributed by atoms with van der Waals surface area (Å²) in [5.41, 5.74) is 9.13. The van der Waals surface area contributed by atoms with Crippen LogP contribution in [0.3, 0.4) is 0 Å². The molecule has 1 aliphatic heterocycles. The highest BCUT2D eigenvalue weighted by Gasteiger charge is 2.29. The van der Waals surface area contributed by atoms with Gasteiger partial charge in [-0.05, 0) is 38.0 Å². The van der Waals surface area contributed by atoms with Crippen LogP contribution in [0, 0.1) is 12.3 Å². The molecule has 114 valence electrons. The molecule has 1 aromatic rings. The van der Waals surface area contributed by atoms with E-state index in [0.29, 0.717) is 5.41 Å². The van der Waals surface area contributed by atoms with Crippen molar-refractivity contribution in [1.82, 2.24) is 9.78 Å². The highest BCUT2D eigenvalue weighted by Crippen LogP contribution is 2.34. The molecule has 0 spiro atoms. The number of hydrogen-bond acceptors (Lipinski definition) is 3. The Hall–Kier alpha value is -1.03. The van der Waals surface area contributed by atoms with Crippen molar-refractivity contribution in [2.75, 3.05) is 18.0 Å². The topological polar surface area (TPSA) is 47.1 Å². The first-order valence-corrected chi connectivity index (χ1v) is 7.87. The van der Waals surface area contributed by atoms with E-state index in [1.807, 2.05) is 4.68 Å². The Kier molecular flexibility index (Phi) is 4.43. The zero-order valence-corrected chi connectivity index (χ0v) is 13.7. The molecule has 0 radical (unpaired) electrons. The van der Waals surface area contributed by atoms with E-state index in [1.54, 1.807) is 0 Å². The van der Waals surface area contributed by atoms with Gasteiger partial charge in [0.05, 0.1) is 5.69 Å². The van der Waals surface area contributed by atoms with E-state index >= 15 is 0 Å². The van der Waals surface area contributed by atoms with E-state index in [2.05, 4.69) is 44.7 Å². The van der Waals surface area contributed by atoms with Crippen LogP contribution in [0.15, 0.2) is 0 Å². The van der Waals surface area contributed by atoms with Gasteiger partial charge in [0.25, 0.3) is 0 Å². The van der Waals surface area contributed by atoms with Crippen molar-refractivity contribution in [2.45, 2.75) is 59.4 Å². The van der Waals surface area contributed by atoms with Crippen LogP contribution in [-0.2, 0) is 13.5 Å². The first-order chi connectivity index (χ1) is 9.34. The minimum Gasteiger partial charge on any atom is -0.357 e. The Bertz CT molecular complexity index is 451. The van der Waals surface area contributed by atoms with Crippen LogP contribution in [0.5, 0.6) is 0 Å². The van der Waals surface area contributed by atoms with Gasteiger partial charge in [-0.15, -0.1) is 0 Å². The molecule has 1 saturated heterocycles. The molecule has 1 aromatic heterocycles. The monoisotopic (exact) mass is 278 g/mol. The van der Waals surface area contributed by atoms with Gasteiger partial charge in [-0.25, -0.2) is 0 Å². The average Bonchev–Trinajstić information content (AvgIpc) is 2.65. The molecule has 0 aromatic carbocycles. The summed E-state index contributed by atoms with van der Waals surface area (Å²) in [6.07, 6.45) is 4.44. The third-order valence-electron chi connectivity index (χ3n) is 4.72. The number of hydrogen-bond donors (Lipinski definition) is 1. The van der Waals surface area contributed by atoms with Crippen molar-refractivity contribution in [1.29, 1.82) is 0 Å². The average molecular weight is 278 g/mol. The lowest BCUT2D eigenvalue weighted by Gasteiger charge is -2.38. The molecule has 0 amide bonds. The normalized spacial score (nSPS) is 20.2. The van der Waals surface area contributed by atoms with Gasteiger partial charge < -0.3 is 10.6 Å². The maximum atomic E-state index is 6.17. The molecule has 2 rings (SSSR count). The van der Waals surface area contributed by atoms with Crippen LogP contribution in [0.25, 0.3) is 0 Å². The van der Waals surface area contributed by atoms with Gasteiger partial charge in [0, 0.05) is 31.7 Å². The first kappa shape index (κ1) is 15.4. The second kappa shape index (κ2) is 5.76. The fourth-order valence-electron chi connectivity index (χ4n) is 3.05. The Morgan fingerprint density at radius 3 is 2.45 bits per heavy atom. The van der Waals surface area contributed by atoms with E-state index < -0.39 is 0 Å². The fourth-order valence-corrected chi connectivity index (χ4v) is 3.05. The lowest BCUT2D eigenvalue weighted by atomic mass is 9.82. The van der Waals surface area contributed by atoms with Crippen molar-refractivity contribution in [3.05, 3.63) is 11.3 Å². The first-order valence-electron chi connectivity index (χ1n) is 7.87. The maximum absolute atomic E-state index is 6.17. The van der Waals surface area contributed by atoms with Crippen molar-refractivity contribution in [2.24, 2.45) is 18.2 Å². The lowest BCUT2D eigenvalue weighted by Crippen LogP contribution is -2.39. The van der Waals surface area contributed by atoms with Crippen LogP contribution in [0.2, 0.25) is 0 Å². The predicted molar refractivity (Wildman–Crippen MR) is 85.1 cm³/mol. The van der Waals surface area contributed by atoms with Crippen LogP contribution >= 0.6 is 0 Å². The van der Waals surface area contributed by atoms with Gasteiger partial charge in [-0.1, -0.05) is 20.8 Å². The molecule has 0 saturated carbocycles. The van der Waals surface area contributed by atoms with Crippen molar-refractivity contribution in [3.8, 4) is 0 Å². The largest absolute Gasteiger partial charge is 0.357 e. The third-order valence-corrected chi connectivity index (χ3v) is 4.72. The zero-order valence-electron chi connectivity index (χ0n) is 13.7. The number of rotatable bonds is 4. The van der Waals surface area contributed by atoms with E-state index in [1.165, 1.54) is 24.2 Å². The van der Waals surface area contributed by atoms with E-state index in [-0.39, 0.29) is 6.04 Å². The molecule has 4 nitrogen and oxygen atoms in total. The van der Waals surface area contributed by atoms with Gasteiger partial charge in [0.1, 0.15) is 5.82 Å². The number of aryl methyl sites for hydroxylation is 2. The Labute approximate surface area is 123 Å². The van der Waals surface area contributed by atoms with E-state index in [0.717, 1.165) is 31.6 Å². The summed E-state index contributed by atoms with van der Waals surface area (Å²) in [6.45, 7) is 11.2. The molecule has 0 aliphatic carbocycles. The number of piperidine rings is 1. The Morgan fingerprint density at radius 2 is 1.90 bits per heavy atom. The molecule has 2 heterocycles. The zero-order chi connectivity index (χ0) is 14.9. The van der Waals surface area contributed by atoms with Gasteiger partial charge in [-0.2, -0.15) is 5.10 Å². The van der Waals surface area contributed by atoms with Crippen LogP contribution in [0.4, 0.5) is 5.82 Å². The molecule has 1 aliphatic rings. The highest BCUT2D eigenvalue weighted by atomic mass is 15.4. The summed E-state index contributed by atoms with van der Waals surface area (Å²) in [7, 11) is 2.06. The van der Waals surface area contributed by atoms with Gasteiger partial charge in [0.15, 0.2) is 0 Å². The minimum atomic E-state index is 0.234. The summed E-state index contributed by atoms with van der Waals surface area (Å²) in [4.78, 5) is 2.50. The second-order valence-electron chi connectivity index (χ2n) is 7.03. The quantitative estimate of drug-likeness (QED) is 0.921.